The van der Waals surface area contributed by atoms with Gasteiger partial charge >= 0.3 is 0 Å². The van der Waals surface area contributed by atoms with Crippen molar-refractivity contribution in [1.82, 2.24) is 0 Å². The predicted octanol–water partition coefficient (Wildman–Crippen LogP) is 1.53. The highest BCUT2D eigenvalue weighted by Gasteiger charge is 2.27. The number of aliphatic hydroxyl groups is 1. The first-order valence-electron chi connectivity index (χ1n) is 5.62. The molecule has 0 heterocycles. The van der Waals surface area contributed by atoms with E-state index in [-0.39, 0.29) is 6.61 Å². The minimum atomic E-state index is -3.49. The van der Waals surface area contributed by atoms with Crippen LogP contribution in [0, 0.1) is 6.92 Å². The normalized spacial score (nSPS) is 13.4. The van der Waals surface area contributed by atoms with Crippen LogP contribution in [0.4, 0.5) is 5.69 Å². The van der Waals surface area contributed by atoms with Gasteiger partial charge in [-0.3, -0.25) is 4.31 Å². The first-order chi connectivity index (χ1) is 7.93. The van der Waals surface area contributed by atoms with E-state index in [0.717, 1.165) is 5.56 Å². The van der Waals surface area contributed by atoms with Crippen molar-refractivity contribution in [2.24, 2.45) is 0 Å². The molecule has 1 aromatic rings. The molecule has 1 rings (SSSR count). The number of anilines is 1. The molecule has 5 heteroatoms. The second kappa shape index (κ2) is 5.51. The Balaban J connectivity index is 3.16. The molecular weight excluding hydrogens is 238 g/mol. The third kappa shape index (κ3) is 2.98. The first-order valence-corrected chi connectivity index (χ1v) is 7.12. The maximum Gasteiger partial charge on any atom is 0.240 e. The van der Waals surface area contributed by atoms with Crippen molar-refractivity contribution >= 4 is 15.7 Å². The molecule has 96 valence electrons. The molecule has 17 heavy (non-hydrogen) atoms. The van der Waals surface area contributed by atoms with Gasteiger partial charge in [0.1, 0.15) is 5.25 Å². The lowest BCUT2D eigenvalue weighted by Gasteiger charge is -2.26. The average Bonchev–Trinajstić information content (AvgIpc) is 2.28. The highest BCUT2D eigenvalue weighted by molar-refractivity contribution is 7.93. The zero-order chi connectivity index (χ0) is 13.1. The molecule has 0 aromatic heterocycles. The number of nitrogens with zero attached hydrogens (tertiary/aromatic N) is 1. The predicted molar refractivity (Wildman–Crippen MR) is 69.7 cm³/mol. The van der Waals surface area contributed by atoms with E-state index in [1.807, 2.05) is 25.1 Å². The van der Waals surface area contributed by atoms with Crippen LogP contribution in [0.2, 0.25) is 0 Å². The molecule has 0 radical (unpaired) electrons. The summed E-state index contributed by atoms with van der Waals surface area (Å²) in [6.45, 7) is 5.19. The van der Waals surface area contributed by atoms with E-state index in [1.165, 1.54) is 11.2 Å². The highest BCUT2D eigenvalue weighted by Crippen LogP contribution is 2.21. The molecule has 0 aliphatic rings. The summed E-state index contributed by atoms with van der Waals surface area (Å²) in [7, 11) is -3.49. The van der Waals surface area contributed by atoms with Crippen LogP contribution < -0.4 is 4.31 Å². The lowest BCUT2D eigenvalue weighted by Crippen LogP contribution is -2.39. The largest absolute Gasteiger partial charge is 0.395 e. The van der Waals surface area contributed by atoms with E-state index < -0.39 is 15.3 Å². The fraction of sp³-hybridized carbons (Fsp3) is 0.500. The van der Waals surface area contributed by atoms with E-state index in [1.54, 1.807) is 13.0 Å². The van der Waals surface area contributed by atoms with Gasteiger partial charge in [0.2, 0.25) is 10.0 Å². The summed E-state index contributed by atoms with van der Waals surface area (Å²) in [4.78, 5) is 0. The number of rotatable bonds is 5. The molecule has 0 spiro atoms. The van der Waals surface area contributed by atoms with Crippen molar-refractivity contribution in [2.45, 2.75) is 26.0 Å². The third-order valence-electron chi connectivity index (χ3n) is 2.65. The van der Waals surface area contributed by atoms with Crippen molar-refractivity contribution in [3.8, 4) is 0 Å². The van der Waals surface area contributed by atoms with Gasteiger partial charge in [-0.2, -0.15) is 0 Å². The Kier molecular flexibility index (Phi) is 4.54. The highest BCUT2D eigenvalue weighted by atomic mass is 32.2. The molecule has 0 amide bonds. The Labute approximate surface area is 103 Å². The molecule has 1 N–H and O–H groups in total. The number of sulfonamides is 1. The van der Waals surface area contributed by atoms with Gasteiger partial charge in [0.15, 0.2) is 0 Å². The zero-order valence-electron chi connectivity index (χ0n) is 10.4. The van der Waals surface area contributed by atoms with Crippen molar-refractivity contribution in [3.63, 3.8) is 0 Å². The Morgan fingerprint density at radius 2 is 2.06 bits per heavy atom. The minimum Gasteiger partial charge on any atom is -0.395 e. The van der Waals surface area contributed by atoms with Crippen LogP contribution in [0.15, 0.2) is 24.3 Å². The second-order valence-corrected chi connectivity index (χ2v) is 6.32. The molecule has 0 aliphatic heterocycles. The second-order valence-electron chi connectivity index (χ2n) is 4.04. The standard InChI is InChI=1S/C12H19NO3S/c1-4-13(17(15,16)11(3)9-14)12-7-5-6-10(2)8-12/h5-8,11,14H,4,9H2,1-3H3. The van der Waals surface area contributed by atoms with Crippen molar-refractivity contribution < 1.29 is 13.5 Å². The maximum absolute atomic E-state index is 12.2. The molecular formula is C12H19NO3S. The van der Waals surface area contributed by atoms with E-state index in [2.05, 4.69) is 0 Å². The fourth-order valence-corrected chi connectivity index (χ4v) is 2.99. The summed E-state index contributed by atoms with van der Waals surface area (Å²) >= 11 is 0. The Bertz CT molecular complexity index is 470. The summed E-state index contributed by atoms with van der Waals surface area (Å²) in [6, 6.07) is 7.33. The van der Waals surface area contributed by atoms with Crippen LogP contribution in [0.5, 0.6) is 0 Å². The minimum absolute atomic E-state index is 0.357. The molecule has 0 bridgehead atoms. The van der Waals surface area contributed by atoms with Crippen molar-refractivity contribution in [2.75, 3.05) is 17.5 Å². The van der Waals surface area contributed by atoms with E-state index >= 15 is 0 Å². The van der Waals surface area contributed by atoms with Gasteiger partial charge in [-0.1, -0.05) is 12.1 Å². The molecule has 0 saturated carbocycles. The van der Waals surface area contributed by atoms with Crippen LogP contribution in [0.3, 0.4) is 0 Å². The van der Waals surface area contributed by atoms with Crippen LogP contribution in [-0.2, 0) is 10.0 Å². The smallest absolute Gasteiger partial charge is 0.240 e. The van der Waals surface area contributed by atoms with Gasteiger partial charge in [0.05, 0.1) is 12.3 Å². The third-order valence-corrected chi connectivity index (χ3v) is 4.90. The quantitative estimate of drug-likeness (QED) is 0.870. The van der Waals surface area contributed by atoms with Gasteiger partial charge in [-0.05, 0) is 38.5 Å². The summed E-state index contributed by atoms with van der Waals surface area (Å²) < 4.78 is 25.7. The molecule has 0 aliphatic carbocycles. The lowest BCUT2D eigenvalue weighted by atomic mass is 10.2. The van der Waals surface area contributed by atoms with E-state index in [9.17, 15) is 8.42 Å². The summed E-state index contributed by atoms with van der Waals surface area (Å²) in [5, 5.41) is 8.22. The number of benzene rings is 1. The van der Waals surface area contributed by atoms with E-state index in [4.69, 9.17) is 5.11 Å². The van der Waals surface area contributed by atoms with Gasteiger partial charge in [0.25, 0.3) is 0 Å². The van der Waals surface area contributed by atoms with Gasteiger partial charge < -0.3 is 5.11 Å². The first kappa shape index (κ1) is 14.0. The monoisotopic (exact) mass is 257 g/mol. The van der Waals surface area contributed by atoms with Crippen LogP contribution in [0.25, 0.3) is 0 Å². The number of hydrogen-bond donors (Lipinski definition) is 1. The zero-order valence-corrected chi connectivity index (χ0v) is 11.2. The topological polar surface area (TPSA) is 57.6 Å². The molecule has 1 aromatic carbocycles. The van der Waals surface area contributed by atoms with Crippen LogP contribution in [-0.4, -0.2) is 31.9 Å². The SMILES string of the molecule is CCN(c1cccc(C)c1)S(=O)(=O)C(C)CO. The van der Waals surface area contributed by atoms with Gasteiger partial charge in [-0.15, -0.1) is 0 Å². The number of aliphatic hydroxyl groups excluding tert-OH is 1. The number of aryl methyl sites for hydroxylation is 1. The Hall–Kier alpha value is -1.07. The summed E-state index contributed by atoms with van der Waals surface area (Å²) in [5.41, 5.74) is 1.65. The number of hydrogen-bond acceptors (Lipinski definition) is 3. The van der Waals surface area contributed by atoms with Crippen LogP contribution in [0.1, 0.15) is 19.4 Å². The Morgan fingerprint density at radius 1 is 1.41 bits per heavy atom. The molecule has 4 nitrogen and oxygen atoms in total. The van der Waals surface area contributed by atoms with Crippen molar-refractivity contribution in [1.29, 1.82) is 0 Å². The fourth-order valence-electron chi connectivity index (χ4n) is 1.60. The molecule has 0 fully saturated rings. The van der Waals surface area contributed by atoms with Gasteiger partial charge in [0, 0.05) is 6.54 Å². The molecule has 0 saturated heterocycles. The van der Waals surface area contributed by atoms with E-state index in [0.29, 0.717) is 12.2 Å². The molecule has 1 unspecified atom stereocenters. The molecule has 1 atom stereocenters. The van der Waals surface area contributed by atoms with Crippen molar-refractivity contribution in [3.05, 3.63) is 29.8 Å². The van der Waals surface area contributed by atoms with Crippen LogP contribution >= 0.6 is 0 Å². The Morgan fingerprint density at radius 3 is 2.53 bits per heavy atom. The summed E-state index contributed by atoms with van der Waals surface area (Å²) in [5.74, 6) is 0. The lowest BCUT2D eigenvalue weighted by molar-refractivity contribution is 0.295. The maximum atomic E-state index is 12.2. The summed E-state index contributed by atoms with van der Waals surface area (Å²) in [6.07, 6.45) is 0. The average molecular weight is 257 g/mol. The van der Waals surface area contributed by atoms with Gasteiger partial charge in [-0.25, -0.2) is 8.42 Å².